The molecule has 2 heterocycles. The minimum atomic E-state index is -4.17. The van der Waals surface area contributed by atoms with Crippen LogP contribution in [-0.2, 0) is 20.5 Å². The minimum Gasteiger partial charge on any atom is -0.296 e. The topological polar surface area (TPSA) is 124 Å². The molecule has 3 aromatic rings. The number of Topliss-reactive ketones (excluding diaryl/α,β-unsaturated/α-hetero) is 1. The summed E-state index contributed by atoms with van der Waals surface area (Å²) in [7, 11) is -4.17. The highest BCUT2D eigenvalue weighted by Crippen LogP contribution is 2.29. The highest BCUT2D eigenvalue weighted by atomic mass is 32.2. The standard InChI is InChI=1S/C20H22N4O5S/c1-14(2)13-20(15(3)25,23-30(27,28)16-9-5-4-6-10-16)24-18(22-29-19(24)26)17-11-7-8-12-21-17/h4-12,14,23H,13H2,1-3H3. The molecular formula is C20H22N4O5S. The van der Waals surface area contributed by atoms with Crippen molar-refractivity contribution < 1.29 is 17.7 Å². The Bertz CT molecular complexity index is 1190. The summed E-state index contributed by atoms with van der Waals surface area (Å²) in [5.41, 5.74) is -1.69. The molecule has 0 spiro atoms. The first-order valence-electron chi connectivity index (χ1n) is 9.28. The van der Waals surface area contributed by atoms with Gasteiger partial charge in [-0.1, -0.05) is 43.3 Å². The van der Waals surface area contributed by atoms with E-state index in [0.717, 1.165) is 4.57 Å². The summed E-state index contributed by atoms with van der Waals surface area (Å²) in [4.78, 5) is 29.8. The largest absolute Gasteiger partial charge is 0.443 e. The van der Waals surface area contributed by atoms with E-state index in [1.807, 2.05) is 13.8 Å². The van der Waals surface area contributed by atoms with Crippen molar-refractivity contribution in [1.82, 2.24) is 19.4 Å². The summed E-state index contributed by atoms with van der Waals surface area (Å²) in [6.07, 6.45) is 1.49. The van der Waals surface area contributed by atoms with Crippen LogP contribution in [-0.4, -0.2) is 28.9 Å². The smallest absolute Gasteiger partial charge is 0.296 e. The van der Waals surface area contributed by atoms with Crippen molar-refractivity contribution >= 4 is 15.8 Å². The number of aromatic nitrogens is 3. The van der Waals surface area contributed by atoms with E-state index in [-0.39, 0.29) is 28.8 Å². The van der Waals surface area contributed by atoms with Crippen LogP contribution in [0.3, 0.4) is 0 Å². The first kappa shape index (κ1) is 21.6. The van der Waals surface area contributed by atoms with E-state index in [9.17, 15) is 18.0 Å². The zero-order valence-corrected chi connectivity index (χ0v) is 17.6. The molecule has 1 N–H and O–H groups in total. The third-order valence-electron chi connectivity index (χ3n) is 4.52. The monoisotopic (exact) mass is 430 g/mol. The van der Waals surface area contributed by atoms with E-state index in [0.29, 0.717) is 0 Å². The van der Waals surface area contributed by atoms with Gasteiger partial charge in [-0.15, -0.1) is 0 Å². The summed E-state index contributed by atoms with van der Waals surface area (Å²) < 4.78 is 34.5. The summed E-state index contributed by atoms with van der Waals surface area (Å²) in [5, 5.41) is 3.77. The van der Waals surface area contributed by atoms with E-state index in [1.54, 1.807) is 36.4 Å². The van der Waals surface area contributed by atoms with Gasteiger partial charge in [0.05, 0.1) is 4.90 Å². The molecular weight excluding hydrogens is 408 g/mol. The SMILES string of the molecule is CC(=O)C(CC(C)C)(NS(=O)(=O)c1ccccc1)n1c(-c2ccccn2)noc1=O. The zero-order chi connectivity index (χ0) is 21.9. The lowest BCUT2D eigenvalue weighted by Gasteiger charge is -2.34. The third kappa shape index (κ3) is 4.10. The molecule has 9 nitrogen and oxygen atoms in total. The number of benzene rings is 1. The van der Waals surface area contributed by atoms with Crippen molar-refractivity contribution in [2.45, 2.75) is 37.8 Å². The number of carbonyl (C=O) groups is 1. The average molecular weight is 430 g/mol. The van der Waals surface area contributed by atoms with Gasteiger partial charge in [0.15, 0.2) is 11.4 Å². The van der Waals surface area contributed by atoms with Gasteiger partial charge in [0.2, 0.25) is 15.8 Å². The Balaban J connectivity index is 2.26. The molecule has 0 amide bonds. The number of carbonyl (C=O) groups excluding carboxylic acids is 1. The van der Waals surface area contributed by atoms with E-state index in [2.05, 4.69) is 14.9 Å². The number of ketones is 1. The molecule has 2 aromatic heterocycles. The average Bonchev–Trinajstić information content (AvgIpc) is 3.10. The van der Waals surface area contributed by atoms with Crippen LogP contribution in [0.2, 0.25) is 0 Å². The molecule has 3 rings (SSSR count). The van der Waals surface area contributed by atoms with Crippen LogP contribution in [0.25, 0.3) is 11.5 Å². The highest BCUT2D eigenvalue weighted by molar-refractivity contribution is 7.89. The molecule has 10 heteroatoms. The van der Waals surface area contributed by atoms with Crippen molar-refractivity contribution in [3.8, 4) is 11.5 Å². The van der Waals surface area contributed by atoms with Crippen LogP contribution in [0.4, 0.5) is 0 Å². The van der Waals surface area contributed by atoms with Crippen molar-refractivity contribution in [3.63, 3.8) is 0 Å². The third-order valence-corrected chi connectivity index (χ3v) is 6.02. The van der Waals surface area contributed by atoms with Crippen molar-refractivity contribution in [2.24, 2.45) is 5.92 Å². The van der Waals surface area contributed by atoms with E-state index in [4.69, 9.17) is 4.52 Å². The van der Waals surface area contributed by atoms with Crippen LogP contribution < -0.4 is 10.5 Å². The molecule has 158 valence electrons. The predicted molar refractivity (Wildman–Crippen MR) is 109 cm³/mol. The lowest BCUT2D eigenvalue weighted by Crippen LogP contribution is -2.58. The lowest BCUT2D eigenvalue weighted by molar-refractivity contribution is -0.127. The van der Waals surface area contributed by atoms with Crippen molar-refractivity contribution in [1.29, 1.82) is 0 Å². The van der Waals surface area contributed by atoms with Gasteiger partial charge in [-0.05, 0) is 43.5 Å². The molecule has 0 radical (unpaired) electrons. The van der Waals surface area contributed by atoms with Gasteiger partial charge >= 0.3 is 5.76 Å². The van der Waals surface area contributed by atoms with Gasteiger partial charge in [0.1, 0.15) is 5.69 Å². The minimum absolute atomic E-state index is 0.00461. The quantitative estimate of drug-likeness (QED) is 0.581. The number of sulfonamides is 1. The van der Waals surface area contributed by atoms with Crippen LogP contribution in [0, 0.1) is 5.92 Å². The van der Waals surface area contributed by atoms with Gasteiger partial charge in [0.25, 0.3) is 0 Å². The highest BCUT2D eigenvalue weighted by Gasteiger charge is 2.46. The first-order chi connectivity index (χ1) is 14.2. The Morgan fingerprint density at radius 1 is 1.17 bits per heavy atom. The summed E-state index contributed by atoms with van der Waals surface area (Å²) >= 11 is 0. The maximum atomic E-state index is 13.1. The van der Waals surface area contributed by atoms with Crippen molar-refractivity contribution in [3.05, 3.63) is 65.3 Å². The van der Waals surface area contributed by atoms with Crippen LogP contribution >= 0.6 is 0 Å². The van der Waals surface area contributed by atoms with Crippen LogP contribution in [0.5, 0.6) is 0 Å². The fourth-order valence-corrected chi connectivity index (χ4v) is 4.66. The number of hydrogen-bond donors (Lipinski definition) is 1. The summed E-state index contributed by atoms with van der Waals surface area (Å²) in [6.45, 7) is 4.85. The molecule has 0 saturated carbocycles. The number of nitrogens with one attached hydrogen (secondary N) is 1. The number of hydrogen-bond acceptors (Lipinski definition) is 7. The molecule has 0 aliphatic heterocycles. The van der Waals surface area contributed by atoms with Crippen LogP contribution in [0.1, 0.15) is 27.2 Å². The molecule has 1 unspecified atom stereocenters. The molecule has 0 fully saturated rings. The fraction of sp³-hybridized carbons (Fsp3) is 0.300. The predicted octanol–water partition coefficient (Wildman–Crippen LogP) is 2.16. The molecule has 0 aliphatic rings. The second-order valence-electron chi connectivity index (χ2n) is 7.26. The van der Waals surface area contributed by atoms with E-state index in [1.165, 1.54) is 25.3 Å². The molecule has 0 bridgehead atoms. The molecule has 30 heavy (non-hydrogen) atoms. The zero-order valence-electron chi connectivity index (χ0n) is 16.8. The Morgan fingerprint density at radius 2 is 1.83 bits per heavy atom. The number of rotatable bonds is 8. The summed E-state index contributed by atoms with van der Waals surface area (Å²) in [6, 6.07) is 12.6. The Labute approximate surface area is 173 Å². The molecule has 0 saturated heterocycles. The molecule has 1 aromatic carbocycles. The second-order valence-corrected chi connectivity index (χ2v) is 8.94. The van der Waals surface area contributed by atoms with Gasteiger partial charge in [-0.25, -0.2) is 17.8 Å². The maximum absolute atomic E-state index is 13.1. The summed E-state index contributed by atoms with van der Waals surface area (Å²) in [5.74, 6) is -1.77. The van der Waals surface area contributed by atoms with Crippen molar-refractivity contribution in [2.75, 3.05) is 0 Å². The normalized spacial score (nSPS) is 13.9. The number of pyridine rings is 1. The van der Waals surface area contributed by atoms with Gasteiger partial charge < -0.3 is 0 Å². The first-order valence-corrected chi connectivity index (χ1v) is 10.8. The van der Waals surface area contributed by atoms with Gasteiger partial charge in [-0.2, -0.15) is 4.72 Å². The van der Waals surface area contributed by atoms with E-state index >= 15 is 0 Å². The molecule has 1 atom stereocenters. The Kier molecular flexibility index (Phi) is 5.99. The van der Waals surface area contributed by atoms with Crippen LogP contribution in [0.15, 0.2) is 68.9 Å². The Morgan fingerprint density at radius 3 is 2.40 bits per heavy atom. The second kappa shape index (κ2) is 8.33. The lowest BCUT2D eigenvalue weighted by atomic mass is 9.94. The number of nitrogens with zero attached hydrogens (tertiary/aromatic N) is 3. The fourth-order valence-electron chi connectivity index (χ4n) is 3.27. The molecule has 0 aliphatic carbocycles. The Hall–Kier alpha value is -3.11. The van der Waals surface area contributed by atoms with Gasteiger partial charge in [-0.3, -0.25) is 14.3 Å². The van der Waals surface area contributed by atoms with Gasteiger partial charge in [0, 0.05) is 6.20 Å². The maximum Gasteiger partial charge on any atom is 0.443 e. The van der Waals surface area contributed by atoms with E-state index < -0.39 is 27.2 Å².